The molecule has 4 N–H and O–H groups in total. The normalized spacial score (nSPS) is 23.4. The van der Waals surface area contributed by atoms with Gasteiger partial charge in [0, 0.05) is 18.2 Å². The predicted octanol–water partition coefficient (Wildman–Crippen LogP) is 1.10. The lowest BCUT2D eigenvalue weighted by molar-refractivity contribution is 0.1000. The zero-order valence-corrected chi connectivity index (χ0v) is 10.4. The number of carbonyl (C=O) groups excluding carboxylic acids is 1. The van der Waals surface area contributed by atoms with Crippen molar-refractivity contribution in [2.75, 3.05) is 18.0 Å². The van der Waals surface area contributed by atoms with Crippen LogP contribution in [0, 0.1) is 11.7 Å². The molecule has 0 aromatic heterocycles. The third-order valence-electron chi connectivity index (χ3n) is 3.54. The Morgan fingerprint density at radius 3 is 2.78 bits per heavy atom. The van der Waals surface area contributed by atoms with Crippen molar-refractivity contribution in [3.8, 4) is 0 Å². The summed E-state index contributed by atoms with van der Waals surface area (Å²) in [5.41, 5.74) is 11.5. The Hall–Kier alpha value is -1.62. The number of halogens is 1. The van der Waals surface area contributed by atoms with E-state index in [9.17, 15) is 9.18 Å². The zero-order chi connectivity index (χ0) is 13.3. The fourth-order valence-electron chi connectivity index (χ4n) is 2.54. The molecule has 1 aromatic carbocycles. The molecule has 2 atom stereocenters. The standard InChI is InChI=1S/C13H18FN3O/c1-8-4-9(6-15)7-17(8)12-3-2-10(13(16)18)5-11(12)14/h2-3,5,8-9H,4,6-7,15H2,1H3,(H2,16,18). The van der Waals surface area contributed by atoms with Gasteiger partial charge >= 0.3 is 0 Å². The molecule has 1 aliphatic rings. The summed E-state index contributed by atoms with van der Waals surface area (Å²) in [6.45, 7) is 3.42. The van der Waals surface area contributed by atoms with E-state index in [0.29, 0.717) is 18.2 Å². The molecule has 1 heterocycles. The van der Waals surface area contributed by atoms with Crippen LogP contribution in [0.1, 0.15) is 23.7 Å². The van der Waals surface area contributed by atoms with Gasteiger partial charge in [-0.05, 0) is 44.0 Å². The van der Waals surface area contributed by atoms with Gasteiger partial charge in [-0.3, -0.25) is 4.79 Å². The van der Waals surface area contributed by atoms with Crippen LogP contribution in [0.25, 0.3) is 0 Å². The number of carbonyl (C=O) groups is 1. The Morgan fingerprint density at radius 2 is 2.28 bits per heavy atom. The van der Waals surface area contributed by atoms with Gasteiger partial charge < -0.3 is 16.4 Å². The maximum Gasteiger partial charge on any atom is 0.248 e. The minimum Gasteiger partial charge on any atom is -0.366 e. The maximum atomic E-state index is 14.0. The van der Waals surface area contributed by atoms with Crippen molar-refractivity contribution in [1.82, 2.24) is 0 Å². The Kier molecular flexibility index (Phi) is 3.52. The highest BCUT2D eigenvalue weighted by Gasteiger charge is 2.29. The van der Waals surface area contributed by atoms with Gasteiger partial charge in [0.25, 0.3) is 0 Å². The highest BCUT2D eigenvalue weighted by atomic mass is 19.1. The van der Waals surface area contributed by atoms with Crippen molar-refractivity contribution in [1.29, 1.82) is 0 Å². The van der Waals surface area contributed by atoms with Gasteiger partial charge in [-0.25, -0.2) is 4.39 Å². The summed E-state index contributed by atoms with van der Waals surface area (Å²) in [5.74, 6) is -0.624. The van der Waals surface area contributed by atoms with E-state index in [2.05, 4.69) is 6.92 Å². The van der Waals surface area contributed by atoms with E-state index in [0.717, 1.165) is 13.0 Å². The van der Waals surface area contributed by atoms with Crippen LogP contribution in [0.15, 0.2) is 18.2 Å². The molecule has 1 fully saturated rings. The second kappa shape index (κ2) is 4.94. The maximum absolute atomic E-state index is 14.0. The number of primary amides is 1. The lowest BCUT2D eigenvalue weighted by atomic mass is 10.1. The van der Waals surface area contributed by atoms with E-state index >= 15 is 0 Å². The first-order valence-corrected chi connectivity index (χ1v) is 6.09. The molecule has 98 valence electrons. The fraction of sp³-hybridized carbons (Fsp3) is 0.462. The summed E-state index contributed by atoms with van der Waals surface area (Å²) in [4.78, 5) is 13.0. The molecule has 2 unspecified atom stereocenters. The van der Waals surface area contributed by atoms with E-state index < -0.39 is 11.7 Å². The van der Waals surface area contributed by atoms with Crippen LogP contribution in [0.5, 0.6) is 0 Å². The van der Waals surface area contributed by atoms with Crippen molar-refractivity contribution in [3.63, 3.8) is 0 Å². The molecule has 1 amide bonds. The van der Waals surface area contributed by atoms with Gasteiger partial charge in [0.1, 0.15) is 5.82 Å². The second-order valence-electron chi connectivity index (χ2n) is 4.87. The molecule has 2 rings (SSSR count). The number of rotatable bonds is 3. The lowest BCUT2D eigenvalue weighted by Gasteiger charge is -2.24. The van der Waals surface area contributed by atoms with Gasteiger partial charge in [-0.15, -0.1) is 0 Å². The van der Waals surface area contributed by atoms with Gasteiger partial charge in [0.05, 0.1) is 5.69 Å². The molecule has 0 saturated carbocycles. The number of amides is 1. The third kappa shape index (κ3) is 2.31. The highest BCUT2D eigenvalue weighted by Crippen LogP contribution is 2.30. The Balaban J connectivity index is 2.26. The van der Waals surface area contributed by atoms with E-state index in [1.807, 2.05) is 4.90 Å². The van der Waals surface area contributed by atoms with E-state index in [4.69, 9.17) is 11.5 Å². The summed E-state index contributed by atoms with van der Waals surface area (Å²) in [6, 6.07) is 4.63. The van der Waals surface area contributed by atoms with Gasteiger partial charge in [-0.2, -0.15) is 0 Å². The Labute approximate surface area is 106 Å². The van der Waals surface area contributed by atoms with Crippen molar-refractivity contribution in [3.05, 3.63) is 29.6 Å². The third-order valence-corrected chi connectivity index (χ3v) is 3.54. The van der Waals surface area contributed by atoms with Gasteiger partial charge in [-0.1, -0.05) is 0 Å². The second-order valence-corrected chi connectivity index (χ2v) is 4.87. The molecule has 1 aliphatic heterocycles. The van der Waals surface area contributed by atoms with Crippen LogP contribution < -0.4 is 16.4 Å². The molecule has 1 aromatic rings. The minimum absolute atomic E-state index is 0.193. The quantitative estimate of drug-likeness (QED) is 0.845. The summed E-state index contributed by atoms with van der Waals surface area (Å²) in [7, 11) is 0. The zero-order valence-electron chi connectivity index (χ0n) is 10.4. The summed E-state index contributed by atoms with van der Waals surface area (Å²) >= 11 is 0. The average molecular weight is 251 g/mol. The highest BCUT2D eigenvalue weighted by molar-refractivity contribution is 5.93. The number of anilines is 1. The summed E-state index contributed by atoms with van der Waals surface area (Å²) in [5, 5.41) is 0. The fourth-order valence-corrected chi connectivity index (χ4v) is 2.54. The molecule has 1 saturated heterocycles. The minimum atomic E-state index is -0.616. The van der Waals surface area contributed by atoms with E-state index in [1.54, 1.807) is 12.1 Å². The van der Waals surface area contributed by atoms with E-state index in [1.165, 1.54) is 6.07 Å². The Morgan fingerprint density at radius 1 is 1.56 bits per heavy atom. The van der Waals surface area contributed by atoms with Gasteiger partial charge in [0.2, 0.25) is 5.91 Å². The number of nitrogens with zero attached hydrogens (tertiary/aromatic N) is 1. The Bertz CT molecular complexity index is 464. The molecule has 0 spiro atoms. The molecular weight excluding hydrogens is 233 g/mol. The molecule has 4 nitrogen and oxygen atoms in total. The number of benzene rings is 1. The van der Waals surface area contributed by atoms with Crippen molar-refractivity contribution in [2.45, 2.75) is 19.4 Å². The molecule has 0 bridgehead atoms. The molecule has 0 aliphatic carbocycles. The SMILES string of the molecule is CC1CC(CN)CN1c1ccc(C(N)=O)cc1F. The number of hydrogen-bond donors (Lipinski definition) is 2. The first-order chi connectivity index (χ1) is 8.52. The van der Waals surface area contributed by atoms with Crippen LogP contribution in [0.4, 0.5) is 10.1 Å². The van der Waals surface area contributed by atoms with E-state index in [-0.39, 0.29) is 11.6 Å². The molecule has 0 radical (unpaired) electrons. The number of hydrogen-bond acceptors (Lipinski definition) is 3. The molecule has 5 heteroatoms. The summed E-state index contributed by atoms with van der Waals surface area (Å²) in [6.07, 6.45) is 0.966. The van der Waals surface area contributed by atoms with Crippen molar-refractivity contribution in [2.24, 2.45) is 17.4 Å². The number of nitrogens with two attached hydrogens (primary N) is 2. The van der Waals surface area contributed by atoms with Crippen LogP contribution in [-0.4, -0.2) is 25.0 Å². The van der Waals surface area contributed by atoms with Gasteiger partial charge in [0.15, 0.2) is 0 Å². The van der Waals surface area contributed by atoms with Crippen molar-refractivity contribution < 1.29 is 9.18 Å². The van der Waals surface area contributed by atoms with Crippen LogP contribution in [-0.2, 0) is 0 Å². The van der Waals surface area contributed by atoms with Crippen LogP contribution in [0.2, 0.25) is 0 Å². The monoisotopic (exact) mass is 251 g/mol. The largest absolute Gasteiger partial charge is 0.366 e. The lowest BCUT2D eigenvalue weighted by Crippen LogP contribution is -2.28. The topological polar surface area (TPSA) is 72.3 Å². The molecule has 18 heavy (non-hydrogen) atoms. The summed E-state index contributed by atoms with van der Waals surface area (Å²) < 4.78 is 14.0. The predicted molar refractivity (Wildman–Crippen MR) is 68.9 cm³/mol. The first-order valence-electron chi connectivity index (χ1n) is 6.09. The van der Waals surface area contributed by atoms with Crippen LogP contribution in [0.3, 0.4) is 0 Å². The molecular formula is C13H18FN3O. The van der Waals surface area contributed by atoms with Crippen LogP contribution >= 0.6 is 0 Å². The smallest absolute Gasteiger partial charge is 0.248 e. The van der Waals surface area contributed by atoms with Crippen molar-refractivity contribution >= 4 is 11.6 Å². The first kappa shape index (κ1) is 12.8. The average Bonchev–Trinajstić information content (AvgIpc) is 2.70.